The van der Waals surface area contributed by atoms with Gasteiger partial charge >= 0.3 is 0 Å². The van der Waals surface area contributed by atoms with Gasteiger partial charge in [0.1, 0.15) is 5.76 Å². The van der Waals surface area contributed by atoms with Gasteiger partial charge in [0.15, 0.2) is 4.96 Å². The summed E-state index contributed by atoms with van der Waals surface area (Å²) in [6.45, 7) is 1.10. The Morgan fingerprint density at radius 2 is 1.76 bits per heavy atom. The van der Waals surface area contributed by atoms with Crippen LogP contribution in [0.3, 0.4) is 0 Å². The van der Waals surface area contributed by atoms with Crippen molar-refractivity contribution in [1.82, 2.24) is 14.3 Å². The van der Waals surface area contributed by atoms with Gasteiger partial charge in [-0.1, -0.05) is 60.7 Å². The zero-order valence-electron chi connectivity index (χ0n) is 18.3. The molecule has 0 aliphatic heterocycles. The van der Waals surface area contributed by atoms with E-state index in [-0.39, 0.29) is 5.91 Å². The lowest BCUT2D eigenvalue weighted by atomic mass is 10.1. The number of aryl methyl sites for hydroxylation is 1. The number of hydrogen-bond acceptors (Lipinski definition) is 4. The van der Waals surface area contributed by atoms with Crippen molar-refractivity contribution in [2.24, 2.45) is 0 Å². The number of rotatable bonds is 9. The molecule has 5 aromatic rings. The molecule has 0 radical (unpaired) electrons. The van der Waals surface area contributed by atoms with Crippen LogP contribution in [0.5, 0.6) is 0 Å². The van der Waals surface area contributed by atoms with Crippen LogP contribution in [0.2, 0.25) is 0 Å². The number of thiazole rings is 1. The maximum absolute atomic E-state index is 13.1. The molecule has 0 N–H and O–H groups in total. The van der Waals surface area contributed by atoms with Gasteiger partial charge in [0.2, 0.25) is 5.91 Å². The second kappa shape index (κ2) is 9.88. The molecule has 33 heavy (non-hydrogen) atoms. The molecule has 0 unspecified atom stereocenters. The van der Waals surface area contributed by atoms with Crippen LogP contribution in [0.15, 0.2) is 95.1 Å². The highest BCUT2D eigenvalue weighted by atomic mass is 32.1. The molecule has 5 nitrogen and oxygen atoms in total. The third kappa shape index (κ3) is 5.07. The van der Waals surface area contributed by atoms with Gasteiger partial charge in [0.05, 0.1) is 18.5 Å². The molecule has 1 amide bonds. The van der Waals surface area contributed by atoms with Crippen molar-refractivity contribution in [3.8, 4) is 11.3 Å². The van der Waals surface area contributed by atoms with Gasteiger partial charge in [0, 0.05) is 42.2 Å². The Morgan fingerprint density at radius 3 is 2.52 bits per heavy atom. The summed E-state index contributed by atoms with van der Waals surface area (Å²) in [5, 5.41) is 2.14. The van der Waals surface area contributed by atoms with E-state index in [1.54, 1.807) is 17.6 Å². The largest absolute Gasteiger partial charge is 0.467 e. The van der Waals surface area contributed by atoms with Gasteiger partial charge in [-0.05, 0) is 24.1 Å². The minimum absolute atomic E-state index is 0.136. The fourth-order valence-corrected chi connectivity index (χ4v) is 4.85. The van der Waals surface area contributed by atoms with Crippen molar-refractivity contribution in [2.75, 3.05) is 6.54 Å². The first kappa shape index (κ1) is 21.2. The van der Waals surface area contributed by atoms with Gasteiger partial charge in [-0.25, -0.2) is 4.98 Å². The summed E-state index contributed by atoms with van der Waals surface area (Å²) in [5.41, 5.74) is 4.41. The first-order valence-electron chi connectivity index (χ1n) is 11.1. The molecule has 0 fully saturated rings. The molecular formula is C27H25N3O2S. The number of carbonyl (C=O) groups excluding carboxylic acids is 1. The molecule has 0 bridgehead atoms. The highest BCUT2D eigenvalue weighted by molar-refractivity contribution is 7.15. The van der Waals surface area contributed by atoms with Crippen LogP contribution < -0.4 is 0 Å². The van der Waals surface area contributed by atoms with Crippen LogP contribution >= 0.6 is 11.3 Å². The van der Waals surface area contributed by atoms with E-state index in [0.29, 0.717) is 19.5 Å². The Balaban J connectivity index is 1.30. The van der Waals surface area contributed by atoms with E-state index in [1.165, 1.54) is 5.56 Å². The van der Waals surface area contributed by atoms with E-state index in [9.17, 15) is 4.79 Å². The molecule has 0 spiro atoms. The number of fused-ring (bicyclic) bond motifs is 1. The Kier molecular flexibility index (Phi) is 6.35. The molecule has 3 aromatic heterocycles. The Bertz CT molecular complexity index is 1310. The molecule has 0 saturated carbocycles. The Morgan fingerprint density at radius 1 is 0.970 bits per heavy atom. The number of aromatic nitrogens is 2. The second-order valence-electron chi connectivity index (χ2n) is 8.00. The molecule has 0 atom stereocenters. The van der Waals surface area contributed by atoms with Crippen LogP contribution in [0.1, 0.15) is 23.4 Å². The lowest BCUT2D eigenvalue weighted by molar-refractivity contribution is -0.132. The van der Waals surface area contributed by atoms with Crippen LogP contribution in [0.4, 0.5) is 0 Å². The summed E-state index contributed by atoms with van der Waals surface area (Å²) in [7, 11) is 0. The van der Waals surface area contributed by atoms with Crippen molar-refractivity contribution in [1.29, 1.82) is 0 Å². The van der Waals surface area contributed by atoms with Crippen molar-refractivity contribution in [3.63, 3.8) is 0 Å². The quantitative estimate of drug-likeness (QED) is 0.280. The third-order valence-electron chi connectivity index (χ3n) is 5.74. The minimum atomic E-state index is 0.136. The molecule has 166 valence electrons. The van der Waals surface area contributed by atoms with Gasteiger partial charge in [-0.15, -0.1) is 11.3 Å². The minimum Gasteiger partial charge on any atom is -0.467 e. The first-order valence-corrected chi connectivity index (χ1v) is 12.0. The summed E-state index contributed by atoms with van der Waals surface area (Å²) >= 11 is 1.63. The maximum Gasteiger partial charge on any atom is 0.223 e. The van der Waals surface area contributed by atoms with E-state index in [0.717, 1.165) is 40.5 Å². The molecule has 6 heteroatoms. The Labute approximate surface area is 196 Å². The van der Waals surface area contributed by atoms with Crippen LogP contribution in [0.25, 0.3) is 16.2 Å². The Hall–Kier alpha value is -3.64. The van der Waals surface area contributed by atoms with Crippen molar-refractivity contribution in [3.05, 3.63) is 108 Å². The summed E-state index contributed by atoms with van der Waals surface area (Å²) < 4.78 is 7.67. The first-order chi connectivity index (χ1) is 16.3. The van der Waals surface area contributed by atoms with Gasteiger partial charge in [-0.3, -0.25) is 9.20 Å². The average Bonchev–Trinajstić information content (AvgIpc) is 3.60. The predicted octanol–water partition coefficient (Wildman–Crippen LogP) is 5.86. The zero-order valence-corrected chi connectivity index (χ0v) is 19.1. The zero-order chi connectivity index (χ0) is 22.5. The molecule has 0 aliphatic rings. The lowest BCUT2D eigenvalue weighted by Crippen LogP contribution is -2.32. The number of hydrogen-bond donors (Lipinski definition) is 0. The molecular weight excluding hydrogens is 430 g/mol. The normalized spacial score (nSPS) is 11.2. The van der Waals surface area contributed by atoms with Crippen LogP contribution in [-0.4, -0.2) is 26.7 Å². The van der Waals surface area contributed by atoms with Crippen molar-refractivity contribution in [2.45, 2.75) is 25.8 Å². The summed E-state index contributed by atoms with van der Waals surface area (Å²) in [6.07, 6.45) is 5.71. The fraction of sp³-hybridized carbons (Fsp3) is 0.185. The fourth-order valence-electron chi connectivity index (χ4n) is 3.94. The van der Waals surface area contributed by atoms with Crippen LogP contribution in [-0.2, 0) is 24.2 Å². The van der Waals surface area contributed by atoms with Gasteiger partial charge < -0.3 is 9.32 Å². The molecule has 2 aromatic carbocycles. The van der Waals surface area contributed by atoms with E-state index < -0.39 is 0 Å². The second-order valence-corrected chi connectivity index (χ2v) is 8.84. The van der Waals surface area contributed by atoms with E-state index >= 15 is 0 Å². The third-order valence-corrected chi connectivity index (χ3v) is 6.63. The topological polar surface area (TPSA) is 50.8 Å². The van der Waals surface area contributed by atoms with Crippen LogP contribution in [0, 0.1) is 0 Å². The average molecular weight is 456 g/mol. The number of imidazole rings is 1. The highest BCUT2D eigenvalue weighted by Gasteiger charge is 2.17. The standard InChI is InChI=1S/C27H25N3O2S/c31-26(14-13-21-8-3-1-4-9-21)29(18-24-12-7-17-32-24)16-15-23-20-33-27-28-25(19-30(23)27)22-10-5-2-6-11-22/h1-12,17,19-20H,13-16,18H2. The molecule has 3 heterocycles. The van der Waals surface area contributed by atoms with E-state index in [4.69, 9.17) is 9.40 Å². The summed E-state index contributed by atoms with van der Waals surface area (Å²) in [5.74, 6) is 0.935. The predicted molar refractivity (Wildman–Crippen MR) is 131 cm³/mol. The number of benzene rings is 2. The molecule has 0 saturated heterocycles. The van der Waals surface area contributed by atoms with Gasteiger partial charge in [-0.2, -0.15) is 0 Å². The maximum atomic E-state index is 13.1. The molecule has 0 aliphatic carbocycles. The number of amides is 1. The lowest BCUT2D eigenvalue weighted by Gasteiger charge is -2.22. The van der Waals surface area contributed by atoms with E-state index in [2.05, 4.69) is 40.2 Å². The van der Waals surface area contributed by atoms with Gasteiger partial charge in [0.25, 0.3) is 0 Å². The smallest absolute Gasteiger partial charge is 0.223 e. The number of carbonyl (C=O) groups is 1. The monoisotopic (exact) mass is 455 g/mol. The highest BCUT2D eigenvalue weighted by Crippen LogP contribution is 2.24. The van der Waals surface area contributed by atoms with E-state index in [1.807, 2.05) is 53.4 Å². The number of furan rings is 1. The van der Waals surface area contributed by atoms with Crippen molar-refractivity contribution >= 4 is 22.2 Å². The van der Waals surface area contributed by atoms with Crippen molar-refractivity contribution < 1.29 is 9.21 Å². The summed E-state index contributed by atoms with van der Waals surface area (Å²) in [4.78, 5) is 20.8. The SMILES string of the molecule is O=C(CCc1ccccc1)N(CCc1csc2nc(-c3ccccc3)cn12)Cc1ccco1. The summed E-state index contributed by atoms with van der Waals surface area (Å²) in [6, 6.07) is 24.1. The number of nitrogens with zero attached hydrogens (tertiary/aromatic N) is 3. The molecule has 5 rings (SSSR count).